The summed E-state index contributed by atoms with van der Waals surface area (Å²) < 4.78 is 9.12. The molecule has 0 atom stereocenters. The number of hydrogen-bond donors (Lipinski definition) is 1. The summed E-state index contributed by atoms with van der Waals surface area (Å²) in [5.74, 6) is 0.794. The van der Waals surface area contributed by atoms with Crippen molar-refractivity contribution in [3.63, 3.8) is 0 Å². The van der Waals surface area contributed by atoms with Crippen LogP contribution in [-0.2, 0) is 13.1 Å². The number of ether oxygens (including phenoxy) is 1. The van der Waals surface area contributed by atoms with Gasteiger partial charge in [-0.2, -0.15) is 0 Å². The molecule has 156 valence electrons. The van der Waals surface area contributed by atoms with Crippen molar-refractivity contribution >= 4 is 32.7 Å². The van der Waals surface area contributed by atoms with Gasteiger partial charge in [-0.25, -0.2) is 0 Å². The van der Waals surface area contributed by atoms with Crippen LogP contribution in [0.1, 0.15) is 12.0 Å². The van der Waals surface area contributed by atoms with E-state index in [4.69, 9.17) is 4.74 Å². The molecule has 31 heavy (non-hydrogen) atoms. The van der Waals surface area contributed by atoms with Gasteiger partial charge in [-0.05, 0) is 54.4 Å². The molecule has 1 N–H and O–H groups in total. The number of methoxy groups -OCH3 is 1. The highest BCUT2D eigenvalue weighted by atomic mass is 16.5. The molecule has 0 amide bonds. The molecular weight excluding hydrogens is 390 g/mol. The number of aliphatic hydroxyl groups is 1. The molecule has 0 saturated carbocycles. The maximum absolute atomic E-state index is 13.3. The predicted octanol–water partition coefficient (Wildman–Crippen LogP) is 3.94. The van der Waals surface area contributed by atoms with E-state index in [0.717, 1.165) is 38.6 Å². The maximum Gasteiger partial charge on any atom is 0.258 e. The lowest BCUT2D eigenvalue weighted by molar-refractivity contribution is 0.281. The van der Waals surface area contributed by atoms with Crippen LogP contribution in [0.15, 0.2) is 71.8 Å². The Balaban J connectivity index is 1.67. The fourth-order valence-electron chi connectivity index (χ4n) is 4.29. The summed E-state index contributed by atoms with van der Waals surface area (Å²) in [5, 5.41) is 11.9. The Morgan fingerprint density at radius 2 is 1.84 bits per heavy atom. The Hall–Kier alpha value is -3.64. The van der Waals surface area contributed by atoms with Crippen LogP contribution in [0.3, 0.4) is 0 Å². The van der Waals surface area contributed by atoms with E-state index in [2.05, 4.69) is 9.55 Å². The van der Waals surface area contributed by atoms with Crippen LogP contribution in [0.2, 0.25) is 0 Å². The van der Waals surface area contributed by atoms with Crippen molar-refractivity contribution in [3.8, 4) is 5.75 Å². The van der Waals surface area contributed by atoms with Gasteiger partial charge in [-0.15, -0.1) is 0 Å². The zero-order valence-electron chi connectivity index (χ0n) is 17.3. The van der Waals surface area contributed by atoms with Crippen molar-refractivity contribution < 1.29 is 9.84 Å². The van der Waals surface area contributed by atoms with E-state index >= 15 is 0 Å². The van der Waals surface area contributed by atoms with Gasteiger partial charge >= 0.3 is 0 Å². The van der Waals surface area contributed by atoms with Gasteiger partial charge in [0.1, 0.15) is 5.75 Å². The lowest BCUT2D eigenvalue weighted by atomic mass is 10.1. The number of rotatable bonds is 6. The van der Waals surface area contributed by atoms with Crippen LogP contribution in [0.5, 0.6) is 5.75 Å². The molecule has 6 heteroatoms. The van der Waals surface area contributed by atoms with Crippen molar-refractivity contribution in [2.45, 2.75) is 19.5 Å². The average Bonchev–Trinajstić information content (AvgIpc) is 3.14. The molecule has 3 aromatic heterocycles. The van der Waals surface area contributed by atoms with Gasteiger partial charge in [0.25, 0.3) is 5.56 Å². The number of aromatic nitrogens is 3. The van der Waals surface area contributed by atoms with Crippen LogP contribution >= 0.6 is 0 Å². The minimum absolute atomic E-state index is 0.0255. The third-order valence-corrected chi connectivity index (χ3v) is 5.79. The monoisotopic (exact) mass is 413 g/mol. The lowest BCUT2D eigenvalue weighted by Crippen LogP contribution is -2.20. The highest BCUT2D eigenvalue weighted by Gasteiger charge is 2.16. The van der Waals surface area contributed by atoms with Crippen molar-refractivity contribution in [2.75, 3.05) is 13.7 Å². The number of fused-ring (bicyclic) bond motifs is 5. The van der Waals surface area contributed by atoms with Gasteiger partial charge in [-0.3, -0.25) is 9.78 Å². The van der Waals surface area contributed by atoms with Gasteiger partial charge in [0, 0.05) is 41.7 Å². The number of benzene rings is 2. The number of pyridine rings is 2. The highest BCUT2D eigenvalue weighted by Crippen LogP contribution is 2.32. The molecule has 0 unspecified atom stereocenters. The summed E-state index contributed by atoms with van der Waals surface area (Å²) in [6.07, 6.45) is 4.30. The molecule has 0 radical (unpaired) electrons. The Morgan fingerprint density at radius 1 is 1.00 bits per heavy atom. The van der Waals surface area contributed by atoms with Crippen LogP contribution in [0, 0.1) is 0 Å². The van der Waals surface area contributed by atoms with Gasteiger partial charge in [-0.1, -0.05) is 12.1 Å². The molecule has 0 aliphatic carbocycles. The first kappa shape index (κ1) is 19.3. The molecule has 5 rings (SSSR count). The summed E-state index contributed by atoms with van der Waals surface area (Å²) in [6, 6.07) is 17.6. The van der Waals surface area contributed by atoms with Crippen molar-refractivity contribution in [2.24, 2.45) is 0 Å². The first-order valence-electron chi connectivity index (χ1n) is 10.3. The minimum atomic E-state index is -0.0255. The van der Waals surface area contributed by atoms with E-state index in [-0.39, 0.29) is 12.2 Å². The predicted molar refractivity (Wildman–Crippen MR) is 123 cm³/mol. The quantitative estimate of drug-likeness (QED) is 0.458. The molecule has 0 aliphatic heterocycles. The van der Waals surface area contributed by atoms with E-state index in [1.165, 1.54) is 0 Å². The molecule has 0 fully saturated rings. The molecule has 0 saturated heterocycles. The fourth-order valence-corrected chi connectivity index (χ4v) is 4.29. The first-order valence-corrected chi connectivity index (χ1v) is 10.3. The van der Waals surface area contributed by atoms with E-state index in [9.17, 15) is 9.90 Å². The minimum Gasteiger partial charge on any atom is -0.497 e. The Morgan fingerprint density at radius 3 is 2.61 bits per heavy atom. The van der Waals surface area contributed by atoms with Crippen molar-refractivity contribution in [3.05, 3.63) is 82.9 Å². The summed E-state index contributed by atoms with van der Waals surface area (Å²) in [7, 11) is 1.64. The van der Waals surface area contributed by atoms with E-state index in [1.807, 2.05) is 60.8 Å². The molecule has 0 aliphatic rings. The second-order valence-electron chi connectivity index (χ2n) is 7.62. The molecule has 0 spiro atoms. The summed E-state index contributed by atoms with van der Waals surface area (Å²) >= 11 is 0. The smallest absolute Gasteiger partial charge is 0.258 e. The lowest BCUT2D eigenvalue weighted by Gasteiger charge is -2.10. The second kappa shape index (κ2) is 7.89. The van der Waals surface area contributed by atoms with Crippen LogP contribution < -0.4 is 10.3 Å². The normalized spacial score (nSPS) is 11.5. The van der Waals surface area contributed by atoms with E-state index in [0.29, 0.717) is 24.9 Å². The van der Waals surface area contributed by atoms with Crippen LogP contribution in [-0.4, -0.2) is 32.9 Å². The van der Waals surface area contributed by atoms with E-state index in [1.54, 1.807) is 17.9 Å². The third kappa shape index (κ3) is 3.25. The van der Waals surface area contributed by atoms with Gasteiger partial charge < -0.3 is 19.0 Å². The van der Waals surface area contributed by atoms with Crippen LogP contribution in [0.25, 0.3) is 32.7 Å². The molecule has 5 aromatic rings. The number of aryl methyl sites for hydroxylation is 1. The fraction of sp³-hybridized carbons (Fsp3) is 0.200. The first-order chi connectivity index (χ1) is 15.2. The van der Waals surface area contributed by atoms with Crippen molar-refractivity contribution in [1.82, 2.24) is 14.1 Å². The SMILES string of the molecule is COc1ccc(Cn2ccc3c(ccc4c3c3ncccc3n4CCCO)c2=O)cc1. The van der Waals surface area contributed by atoms with Gasteiger partial charge in [0.2, 0.25) is 0 Å². The van der Waals surface area contributed by atoms with Crippen LogP contribution in [0.4, 0.5) is 0 Å². The second-order valence-corrected chi connectivity index (χ2v) is 7.62. The molecule has 0 bridgehead atoms. The average molecular weight is 413 g/mol. The molecule has 2 aromatic carbocycles. The molecule has 3 heterocycles. The van der Waals surface area contributed by atoms with Gasteiger partial charge in [0.15, 0.2) is 0 Å². The van der Waals surface area contributed by atoms with Gasteiger partial charge in [0.05, 0.1) is 30.2 Å². The largest absolute Gasteiger partial charge is 0.497 e. The third-order valence-electron chi connectivity index (χ3n) is 5.79. The Bertz CT molecular complexity index is 1450. The zero-order valence-corrected chi connectivity index (χ0v) is 17.3. The molecule has 6 nitrogen and oxygen atoms in total. The number of aliphatic hydroxyl groups excluding tert-OH is 1. The summed E-state index contributed by atoms with van der Waals surface area (Å²) in [4.78, 5) is 17.9. The summed E-state index contributed by atoms with van der Waals surface area (Å²) in [6.45, 7) is 1.32. The maximum atomic E-state index is 13.3. The Labute approximate surface area is 178 Å². The topological polar surface area (TPSA) is 69.3 Å². The number of nitrogens with zero attached hydrogens (tertiary/aromatic N) is 3. The van der Waals surface area contributed by atoms with E-state index < -0.39 is 0 Å². The molecular formula is C25H23N3O3. The zero-order chi connectivity index (χ0) is 21.4. The van der Waals surface area contributed by atoms with Crippen molar-refractivity contribution in [1.29, 1.82) is 0 Å². The Kier molecular flexibility index (Phi) is 4.92. The highest BCUT2D eigenvalue weighted by molar-refractivity contribution is 6.19. The standard InChI is InChI=1S/C25H23N3O3/c1-31-18-7-5-17(6-8-18)16-27-14-11-19-20(25(27)30)9-10-21-23(19)24-22(4-2-12-26-24)28(21)13-3-15-29/h2,4-12,14,29H,3,13,15-16H2,1H3. The summed E-state index contributed by atoms with van der Waals surface area (Å²) in [5.41, 5.74) is 3.93. The number of hydrogen-bond acceptors (Lipinski definition) is 4.